The van der Waals surface area contributed by atoms with Crippen LogP contribution in [-0.2, 0) is 4.79 Å². The van der Waals surface area contributed by atoms with E-state index < -0.39 is 0 Å². The number of rotatable bonds is 5. The number of hydrogen-bond donors (Lipinski definition) is 1. The number of anilines is 2. The number of nitrogens with one attached hydrogen (secondary N) is 1. The molecule has 2 aromatic carbocycles. The first-order valence-corrected chi connectivity index (χ1v) is 12.8. The first-order valence-electron chi connectivity index (χ1n) is 12.0. The van der Waals surface area contributed by atoms with Crippen LogP contribution in [0.1, 0.15) is 29.1 Å². The van der Waals surface area contributed by atoms with Crippen molar-refractivity contribution < 1.29 is 4.79 Å². The monoisotopic (exact) mass is 483 g/mol. The summed E-state index contributed by atoms with van der Waals surface area (Å²) >= 11 is 1.70. The molecule has 0 bridgehead atoms. The molecule has 1 aliphatic rings. The van der Waals surface area contributed by atoms with Gasteiger partial charge in [0.1, 0.15) is 5.01 Å². The Balaban J connectivity index is 1.20. The Morgan fingerprint density at radius 2 is 1.54 bits per heavy atom. The Labute approximate surface area is 210 Å². The number of piperidine rings is 1. The predicted molar refractivity (Wildman–Crippen MR) is 143 cm³/mol. The molecule has 6 nitrogen and oxygen atoms in total. The SMILES string of the molecule is Cc1cc(C)nc(N2CCC(C(=O)Nc3ccc(-c4nc(-c5ccccc5)sc4C)cc3)CC2)n1. The lowest BCUT2D eigenvalue weighted by Gasteiger charge is -2.31. The van der Waals surface area contributed by atoms with Crippen LogP contribution in [0.15, 0.2) is 60.7 Å². The zero-order valence-corrected chi connectivity index (χ0v) is 21.1. The number of aryl methyl sites for hydroxylation is 3. The van der Waals surface area contributed by atoms with E-state index in [0.29, 0.717) is 0 Å². The molecule has 0 unspecified atom stereocenters. The molecule has 4 aromatic rings. The van der Waals surface area contributed by atoms with Crippen LogP contribution >= 0.6 is 11.3 Å². The van der Waals surface area contributed by atoms with Crippen molar-refractivity contribution in [1.82, 2.24) is 15.0 Å². The summed E-state index contributed by atoms with van der Waals surface area (Å²) < 4.78 is 0. The van der Waals surface area contributed by atoms with Gasteiger partial charge in [-0.05, 0) is 51.8 Å². The molecule has 5 rings (SSSR count). The normalized spacial score (nSPS) is 14.2. The molecule has 0 atom stereocenters. The summed E-state index contributed by atoms with van der Waals surface area (Å²) in [5.41, 5.74) is 5.94. The number of carbonyl (C=O) groups excluding carboxylic acids is 1. The first-order chi connectivity index (χ1) is 17.0. The van der Waals surface area contributed by atoms with Crippen LogP contribution in [0.4, 0.5) is 11.6 Å². The lowest BCUT2D eigenvalue weighted by atomic mass is 9.96. The molecule has 0 aliphatic carbocycles. The standard InChI is InChI=1S/C28H29N5OS/c1-18-17-19(2)30-28(29-18)33-15-13-22(14-16-33)26(34)31-24-11-9-21(10-12-24)25-20(3)35-27(32-25)23-7-5-4-6-8-23/h4-12,17,22H,13-16H2,1-3H3,(H,31,34). The number of benzene rings is 2. The maximum absolute atomic E-state index is 12.9. The molecule has 1 saturated heterocycles. The molecule has 0 radical (unpaired) electrons. The van der Waals surface area contributed by atoms with Crippen LogP contribution in [0.25, 0.3) is 21.8 Å². The number of carbonyl (C=O) groups is 1. The molecule has 1 fully saturated rings. The van der Waals surface area contributed by atoms with Crippen molar-refractivity contribution >= 4 is 28.9 Å². The second kappa shape index (κ2) is 9.96. The van der Waals surface area contributed by atoms with E-state index >= 15 is 0 Å². The first kappa shape index (κ1) is 23.2. The van der Waals surface area contributed by atoms with Crippen molar-refractivity contribution in [2.75, 3.05) is 23.3 Å². The molecule has 0 saturated carbocycles. The highest BCUT2D eigenvalue weighted by molar-refractivity contribution is 7.15. The Bertz CT molecular complexity index is 1310. The van der Waals surface area contributed by atoms with Gasteiger partial charge < -0.3 is 10.2 Å². The largest absolute Gasteiger partial charge is 0.341 e. The second-order valence-corrected chi connectivity index (χ2v) is 10.3. The number of hydrogen-bond acceptors (Lipinski definition) is 6. The minimum Gasteiger partial charge on any atom is -0.341 e. The molecule has 3 heterocycles. The van der Waals surface area contributed by atoms with E-state index in [-0.39, 0.29) is 11.8 Å². The summed E-state index contributed by atoms with van der Waals surface area (Å²) in [6.07, 6.45) is 1.58. The van der Waals surface area contributed by atoms with Crippen LogP contribution in [0.5, 0.6) is 0 Å². The van der Waals surface area contributed by atoms with E-state index in [2.05, 4.69) is 39.2 Å². The highest BCUT2D eigenvalue weighted by Gasteiger charge is 2.26. The van der Waals surface area contributed by atoms with E-state index in [1.165, 1.54) is 4.88 Å². The summed E-state index contributed by atoms with van der Waals surface area (Å²) in [4.78, 5) is 30.3. The lowest BCUT2D eigenvalue weighted by molar-refractivity contribution is -0.120. The predicted octanol–water partition coefficient (Wildman–Crippen LogP) is 6.05. The maximum Gasteiger partial charge on any atom is 0.227 e. The third-order valence-electron chi connectivity index (χ3n) is 6.36. The van der Waals surface area contributed by atoms with E-state index in [0.717, 1.165) is 70.8 Å². The topological polar surface area (TPSA) is 71.0 Å². The van der Waals surface area contributed by atoms with Crippen molar-refractivity contribution in [1.29, 1.82) is 0 Å². The average Bonchev–Trinajstić information content (AvgIpc) is 3.26. The maximum atomic E-state index is 12.9. The summed E-state index contributed by atoms with van der Waals surface area (Å²) in [5, 5.41) is 4.12. The molecule has 1 amide bonds. The van der Waals surface area contributed by atoms with Gasteiger partial charge in [0, 0.05) is 52.1 Å². The number of nitrogens with zero attached hydrogens (tertiary/aromatic N) is 4. The molecular formula is C28H29N5OS. The summed E-state index contributed by atoms with van der Waals surface area (Å²) in [7, 11) is 0. The molecule has 2 aromatic heterocycles. The van der Waals surface area contributed by atoms with Crippen molar-refractivity contribution in [3.8, 4) is 21.8 Å². The molecule has 1 aliphatic heterocycles. The number of aromatic nitrogens is 3. The van der Waals surface area contributed by atoms with E-state index in [1.54, 1.807) is 11.3 Å². The summed E-state index contributed by atoms with van der Waals surface area (Å²) in [5.74, 6) is 0.839. The van der Waals surface area contributed by atoms with Crippen LogP contribution in [0.3, 0.4) is 0 Å². The van der Waals surface area contributed by atoms with Gasteiger partial charge in [-0.15, -0.1) is 11.3 Å². The fourth-order valence-electron chi connectivity index (χ4n) is 4.51. The van der Waals surface area contributed by atoms with Gasteiger partial charge in [-0.3, -0.25) is 4.79 Å². The van der Waals surface area contributed by atoms with Crippen LogP contribution in [-0.4, -0.2) is 33.9 Å². The lowest BCUT2D eigenvalue weighted by Crippen LogP contribution is -2.39. The third kappa shape index (κ3) is 5.25. The highest BCUT2D eigenvalue weighted by atomic mass is 32.1. The van der Waals surface area contributed by atoms with E-state index in [4.69, 9.17) is 4.98 Å². The summed E-state index contributed by atoms with van der Waals surface area (Å²) in [6.45, 7) is 7.65. The fourth-order valence-corrected chi connectivity index (χ4v) is 5.46. The summed E-state index contributed by atoms with van der Waals surface area (Å²) in [6, 6.07) is 20.2. The van der Waals surface area contributed by atoms with Gasteiger partial charge in [-0.1, -0.05) is 42.5 Å². The van der Waals surface area contributed by atoms with Crippen LogP contribution in [0, 0.1) is 26.7 Å². The van der Waals surface area contributed by atoms with Gasteiger partial charge in [0.25, 0.3) is 0 Å². The van der Waals surface area contributed by atoms with Crippen molar-refractivity contribution in [2.45, 2.75) is 33.6 Å². The van der Waals surface area contributed by atoms with Crippen molar-refractivity contribution in [3.63, 3.8) is 0 Å². The molecule has 0 spiro atoms. The quantitative estimate of drug-likeness (QED) is 0.374. The van der Waals surface area contributed by atoms with Crippen LogP contribution < -0.4 is 10.2 Å². The van der Waals surface area contributed by atoms with Gasteiger partial charge in [0.05, 0.1) is 5.69 Å². The number of thiazole rings is 1. The Morgan fingerprint density at radius 3 is 2.20 bits per heavy atom. The van der Waals surface area contributed by atoms with Crippen LogP contribution in [0.2, 0.25) is 0 Å². The Morgan fingerprint density at radius 1 is 0.886 bits per heavy atom. The van der Waals surface area contributed by atoms with Gasteiger partial charge in [-0.2, -0.15) is 0 Å². The smallest absolute Gasteiger partial charge is 0.227 e. The highest BCUT2D eigenvalue weighted by Crippen LogP contribution is 2.33. The molecule has 7 heteroatoms. The molecule has 178 valence electrons. The van der Waals surface area contributed by atoms with Gasteiger partial charge >= 0.3 is 0 Å². The minimum absolute atomic E-state index is 0.00829. The average molecular weight is 484 g/mol. The molecule has 35 heavy (non-hydrogen) atoms. The zero-order chi connectivity index (χ0) is 24.4. The van der Waals surface area contributed by atoms with E-state index in [9.17, 15) is 4.79 Å². The number of amides is 1. The van der Waals surface area contributed by atoms with E-state index in [1.807, 2.05) is 62.4 Å². The fraction of sp³-hybridized carbons (Fsp3) is 0.286. The minimum atomic E-state index is -0.00829. The molecular weight excluding hydrogens is 454 g/mol. The Hall–Kier alpha value is -3.58. The third-order valence-corrected chi connectivity index (χ3v) is 7.38. The second-order valence-electron chi connectivity index (χ2n) is 9.07. The Kier molecular flexibility index (Phi) is 6.59. The van der Waals surface area contributed by atoms with Gasteiger partial charge in [0.15, 0.2) is 0 Å². The van der Waals surface area contributed by atoms with Gasteiger partial charge in [0.2, 0.25) is 11.9 Å². The van der Waals surface area contributed by atoms with Gasteiger partial charge in [-0.25, -0.2) is 15.0 Å². The molecule has 1 N–H and O–H groups in total. The van der Waals surface area contributed by atoms with Crippen molar-refractivity contribution in [2.24, 2.45) is 5.92 Å². The zero-order valence-electron chi connectivity index (χ0n) is 20.3. The van der Waals surface area contributed by atoms with Crippen molar-refractivity contribution in [3.05, 3.63) is 76.9 Å².